The molecular formula is C28H25NO4. The molecule has 33 heavy (non-hydrogen) atoms. The summed E-state index contributed by atoms with van der Waals surface area (Å²) in [6.45, 7) is 4.91. The summed E-state index contributed by atoms with van der Waals surface area (Å²) >= 11 is 0. The van der Waals surface area contributed by atoms with Gasteiger partial charge in [-0.3, -0.25) is 9.59 Å². The Bertz CT molecular complexity index is 1370. The van der Waals surface area contributed by atoms with Gasteiger partial charge < -0.3 is 14.1 Å². The van der Waals surface area contributed by atoms with Crippen molar-refractivity contribution in [3.8, 4) is 5.75 Å². The molecule has 1 atom stereocenters. The van der Waals surface area contributed by atoms with Gasteiger partial charge in [0.15, 0.2) is 5.43 Å². The van der Waals surface area contributed by atoms with Crippen molar-refractivity contribution >= 4 is 16.9 Å². The molecule has 5 heteroatoms. The van der Waals surface area contributed by atoms with Crippen LogP contribution < -0.4 is 10.2 Å². The predicted molar refractivity (Wildman–Crippen MR) is 128 cm³/mol. The van der Waals surface area contributed by atoms with E-state index in [2.05, 4.69) is 0 Å². The molecule has 0 radical (unpaired) electrons. The van der Waals surface area contributed by atoms with Crippen LogP contribution >= 0.6 is 0 Å². The average molecular weight is 440 g/mol. The van der Waals surface area contributed by atoms with E-state index in [9.17, 15) is 9.59 Å². The zero-order valence-corrected chi connectivity index (χ0v) is 18.7. The van der Waals surface area contributed by atoms with Crippen molar-refractivity contribution in [3.05, 3.63) is 111 Å². The van der Waals surface area contributed by atoms with Crippen molar-refractivity contribution in [1.29, 1.82) is 0 Å². The Kier molecular flexibility index (Phi) is 5.47. The Labute approximate surface area is 192 Å². The van der Waals surface area contributed by atoms with E-state index in [0.717, 1.165) is 22.4 Å². The van der Waals surface area contributed by atoms with Crippen LogP contribution in [0, 0.1) is 6.92 Å². The van der Waals surface area contributed by atoms with Gasteiger partial charge in [-0.1, -0.05) is 48.5 Å². The van der Waals surface area contributed by atoms with Gasteiger partial charge >= 0.3 is 0 Å². The molecule has 0 spiro atoms. The van der Waals surface area contributed by atoms with Crippen molar-refractivity contribution in [2.24, 2.45) is 0 Å². The normalized spacial score (nSPS) is 15.2. The number of benzene rings is 3. The lowest BCUT2D eigenvalue weighted by Gasteiger charge is -2.25. The standard InChI is InChI=1S/C28H25NO4/c1-3-32-21-12-10-20(11-13-21)25-24-26(30)22-14-9-18(2)17-23(22)33-27(24)28(31)29(25)16-15-19-7-5-4-6-8-19/h4-14,17,25H,3,15-16H2,1-2H3/t25-/m0/s1. The maximum atomic E-state index is 13.6. The van der Waals surface area contributed by atoms with Crippen LogP contribution in [0.2, 0.25) is 0 Å². The van der Waals surface area contributed by atoms with Crippen LogP contribution in [-0.4, -0.2) is 24.0 Å². The molecule has 0 saturated carbocycles. The Morgan fingerprint density at radius 3 is 2.45 bits per heavy atom. The molecule has 1 amide bonds. The molecule has 3 aromatic carbocycles. The van der Waals surface area contributed by atoms with Gasteiger partial charge in [-0.05, 0) is 61.2 Å². The molecule has 0 N–H and O–H groups in total. The Morgan fingerprint density at radius 1 is 0.970 bits per heavy atom. The largest absolute Gasteiger partial charge is 0.494 e. The monoisotopic (exact) mass is 439 g/mol. The summed E-state index contributed by atoms with van der Waals surface area (Å²) in [6.07, 6.45) is 0.681. The fourth-order valence-electron chi connectivity index (χ4n) is 4.51. The molecule has 0 aliphatic carbocycles. The molecule has 1 aliphatic heterocycles. The molecule has 2 heterocycles. The summed E-state index contributed by atoms with van der Waals surface area (Å²) in [4.78, 5) is 28.9. The van der Waals surface area contributed by atoms with Gasteiger partial charge in [0.1, 0.15) is 11.3 Å². The van der Waals surface area contributed by atoms with Gasteiger partial charge in [-0.25, -0.2) is 0 Å². The van der Waals surface area contributed by atoms with Crippen LogP contribution in [0.3, 0.4) is 0 Å². The maximum Gasteiger partial charge on any atom is 0.290 e. The van der Waals surface area contributed by atoms with E-state index in [1.165, 1.54) is 0 Å². The highest BCUT2D eigenvalue weighted by Gasteiger charge is 2.42. The van der Waals surface area contributed by atoms with Crippen molar-refractivity contribution in [2.45, 2.75) is 26.3 Å². The third-order valence-electron chi connectivity index (χ3n) is 6.11. The molecule has 5 rings (SSSR count). The third kappa shape index (κ3) is 3.80. The smallest absolute Gasteiger partial charge is 0.290 e. The van der Waals surface area contributed by atoms with Crippen LogP contribution in [0.4, 0.5) is 0 Å². The second-order valence-electron chi connectivity index (χ2n) is 8.31. The second-order valence-corrected chi connectivity index (χ2v) is 8.31. The number of hydrogen-bond acceptors (Lipinski definition) is 4. The lowest BCUT2D eigenvalue weighted by Crippen LogP contribution is -2.31. The molecule has 0 fully saturated rings. The van der Waals surface area contributed by atoms with E-state index in [0.29, 0.717) is 36.1 Å². The Balaban J connectivity index is 1.62. The van der Waals surface area contributed by atoms with Gasteiger partial charge in [0.05, 0.1) is 23.6 Å². The summed E-state index contributed by atoms with van der Waals surface area (Å²) in [5, 5.41) is 0.494. The van der Waals surface area contributed by atoms with Gasteiger partial charge in [-0.2, -0.15) is 0 Å². The zero-order valence-electron chi connectivity index (χ0n) is 18.7. The minimum Gasteiger partial charge on any atom is -0.494 e. The highest BCUT2D eigenvalue weighted by atomic mass is 16.5. The first kappa shape index (κ1) is 21.0. The zero-order chi connectivity index (χ0) is 22.9. The van der Waals surface area contributed by atoms with Crippen LogP contribution in [0.1, 0.15) is 45.8 Å². The minimum atomic E-state index is -0.506. The van der Waals surface area contributed by atoms with Crippen molar-refractivity contribution in [3.63, 3.8) is 0 Å². The fraction of sp³-hybridized carbons (Fsp3) is 0.214. The fourth-order valence-corrected chi connectivity index (χ4v) is 4.51. The maximum absolute atomic E-state index is 13.6. The predicted octanol–water partition coefficient (Wildman–Crippen LogP) is 5.29. The summed E-state index contributed by atoms with van der Waals surface area (Å²) in [6, 6.07) is 22.6. The lowest BCUT2D eigenvalue weighted by molar-refractivity contribution is 0.0730. The Morgan fingerprint density at radius 2 is 1.73 bits per heavy atom. The Hall–Kier alpha value is -3.86. The number of carbonyl (C=O) groups excluding carboxylic acids is 1. The van der Waals surface area contributed by atoms with Crippen molar-refractivity contribution in [1.82, 2.24) is 4.90 Å². The number of carbonyl (C=O) groups is 1. The number of ether oxygens (including phenoxy) is 1. The first-order chi connectivity index (χ1) is 16.1. The molecule has 166 valence electrons. The topological polar surface area (TPSA) is 59.8 Å². The summed E-state index contributed by atoms with van der Waals surface area (Å²) in [5.41, 5.74) is 3.67. The van der Waals surface area contributed by atoms with Gasteiger partial charge in [-0.15, -0.1) is 0 Å². The van der Waals surface area contributed by atoms with Gasteiger partial charge in [0.2, 0.25) is 5.76 Å². The van der Waals surface area contributed by atoms with E-state index in [1.54, 1.807) is 11.0 Å². The van der Waals surface area contributed by atoms with E-state index in [1.807, 2.05) is 80.6 Å². The summed E-state index contributed by atoms with van der Waals surface area (Å²) in [7, 11) is 0. The van der Waals surface area contributed by atoms with E-state index in [4.69, 9.17) is 9.15 Å². The molecule has 1 aliphatic rings. The van der Waals surface area contributed by atoms with E-state index >= 15 is 0 Å². The first-order valence-electron chi connectivity index (χ1n) is 11.2. The molecule has 4 aromatic rings. The van der Waals surface area contributed by atoms with E-state index < -0.39 is 6.04 Å². The number of fused-ring (bicyclic) bond motifs is 2. The number of hydrogen-bond donors (Lipinski definition) is 0. The second kappa shape index (κ2) is 8.58. The van der Waals surface area contributed by atoms with Crippen LogP contribution in [0.5, 0.6) is 5.75 Å². The molecular weight excluding hydrogens is 414 g/mol. The molecule has 1 aromatic heterocycles. The average Bonchev–Trinajstić information content (AvgIpc) is 3.11. The third-order valence-corrected chi connectivity index (χ3v) is 6.11. The van der Waals surface area contributed by atoms with Crippen LogP contribution in [0.15, 0.2) is 82.0 Å². The number of aryl methyl sites for hydroxylation is 1. The SMILES string of the molecule is CCOc1ccc([C@H]2c3c(oc4cc(C)ccc4c3=O)C(=O)N2CCc2ccccc2)cc1. The summed E-state index contributed by atoms with van der Waals surface area (Å²) in [5.74, 6) is 0.646. The number of rotatable bonds is 6. The summed E-state index contributed by atoms with van der Waals surface area (Å²) < 4.78 is 11.6. The quantitative estimate of drug-likeness (QED) is 0.410. The van der Waals surface area contributed by atoms with Crippen LogP contribution in [0.25, 0.3) is 11.0 Å². The molecule has 0 saturated heterocycles. The lowest BCUT2D eigenvalue weighted by atomic mass is 9.98. The highest BCUT2D eigenvalue weighted by Crippen LogP contribution is 2.38. The van der Waals surface area contributed by atoms with Crippen molar-refractivity contribution in [2.75, 3.05) is 13.2 Å². The molecule has 0 unspecified atom stereocenters. The minimum absolute atomic E-state index is 0.144. The van der Waals surface area contributed by atoms with E-state index in [-0.39, 0.29) is 17.1 Å². The van der Waals surface area contributed by atoms with Crippen LogP contribution in [-0.2, 0) is 6.42 Å². The number of amides is 1. The number of nitrogens with zero attached hydrogens (tertiary/aromatic N) is 1. The molecule has 5 nitrogen and oxygen atoms in total. The van der Waals surface area contributed by atoms with Gasteiger partial charge in [0.25, 0.3) is 5.91 Å². The molecule has 0 bridgehead atoms. The van der Waals surface area contributed by atoms with Crippen molar-refractivity contribution < 1.29 is 13.9 Å². The van der Waals surface area contributed by atoms with Gasteiger partial charge in [0, 0.05) is 6.54 Å². The highest BCUT2D eigenvalue weighted by molar-refractivity contribution is 5.99. The first-order valence-corrected chi connectivity index (χ1v) is 11.2.